The Hall–Kier alpha value is -6.32. The standard InChI is InChI=1S/C50H32N6.2Pt/c1-5-29-51-47(21-1)37-13-9-17-43(33-37)55(44-18-10-14-38(34-44)48-22-2-6-30-52-48)41-25-27-42(28-26-41)56(45-19-11-15-39(35-45)49-23-3-7-31-53-49)46-20-12-16-40(36-46)50-24-4-8-32-54-50;;/h1-32H;;/q-4;2*+2. The topological polar surface area (TPSA) is 58.0 Å². The summed E-state index contributed by atoms with van der Waals surface area (Å²) in [5.74, 6) is 0. The minimum Gasteiger partial charge on any atom is -0.346 e. The summed E-state index contributed by atoms with van der Waals surface area (Å²) < 4.78 is 0. The molecular formula is C50H32N6Pt2. The zero-order valence-electron chi connectivity index (χ0n) is 30.8. The van der Waals surface area contributed by atoms with E-state index in [1.54, 1.807) is 24.8 Å². The van der Waals surface area contributed by atoms with E-state index in [0.29, 0.717) is 0 Å². The average Bonchev–Trinajstić information content (AvgIpc) is 3.29. The van der Waals surface area contributed by atoms with Gasteiger partial charge in [0, 0.05) is 36.2 Å². The fourth-order valence-electron chi connectivity index (χ4n) is 6.60. The van der Waals surface area contributed by atoms with Crippen LogP contribution in [-0.4, -0.2) is 19.9 Å². The predicted molar refractivity (Wildman–Crippen MR) is 224 cm³/mol. The van der Waals surface area contributed by atoms with Crippen molar-refractivity contribution in [3.8, 4) is 45.0 Å². The Kier molecular flexibility index (Phi) is 12.9. The average molecular weight is 1110 g/mol. The second-order valence-corrected chi connectivity index (χ2v) is 12.8. The van der Waals surface area contributed by atoms with Gasteiger partial charge < -0.3 is 29.7 Å². The number of anilines is 6. The molecular weight excluding hydrogens is 1070 g/mol. The van der Waals surface area contributed by atoms with Crippen LogP contribution in [0.15, 0.2) is 195 Å². The molecule has 0 saturated carbocycles. The number of pyridine rings is 4. The van der Waals surface area contributed by atoms with E-state index < -0.39 is 0 Å². The van der Waals surface area contributed by atoms with E-state index in [1.807, 2.05) is 121 Å². The molecule has 5 aromatic carbocycles. The molecule has 58 heavy (non-hydrogen) atoms. The molecule has 0 atom stereocenters. The third-order valence-corrected chi connectivity index (χ3v) is 9.21. The summed E-state index contributed by atoms with van der Waals surface area (Å²) in [6.07, 6.45) is 7.20. The van der Waals surface area contributed by atoms with Crippen LogP contribution in [0.5, 0.6) is 0 Å². The zero-order valence-corrected chi connectivity index (χ0v) is 35.3. The zero-order chi connectivity index (χ0) is 37.5. The molecule has 0 N–H and O–H groups in total. The Morgan fingerprint density at radius 1 is 0.276 bits per heavy atom. The van der Waals surface area contributed by atoms with Crippen LogP contribution in [0.25, 0.3) is 45.0 Å². The third kappa shape index (κ3) is 8.80. The van der Waals surface area contributed by atoms with Crippen molar-refractivity contribution in [2.45, 2.75) is 0 Å². The van der Waals surface area contributed by atoms with E-state index in [4.69, 9.17) is 0 Å². The Labute approximate surface area is 367 Å². The van der Waals surface area contributed by atoms with Crippen LogP contribution in [0.3, 0.4) is 0 Å². The van der Waals surface area contributed by atoms with Crippen molar-refractivity contribution in [2.24, 2.45) is 0 Å². The maximum Gasteiger partial charge on any atom is 2.00 e. The monoisotopic (exact) mass is 1110 g/mol. The van der Waals surface area contributed by atoms with Crippen molar-refractivity contribution >= 4 is 34.1 Å². The summed E-state index contributed by atoms with van der Waals surface area (Å²) in [5, 5.41) is 0. The van der Waals surface area contributed by atoms with Gasteiger partial charge >= 0.3 is 42.1 Å². The van der Waals surface area contributed by atoms with Crippen molar-refractivity contribution in [3.05, 3.63) is 219 Å². The molecule has 0 aliphatic carbocycles. The summed E-state index contributed by atoms with van der Waals surface area (Å²) in [6.45, 7) is 0. The quantitative estimate of drug-likeness (QED) is 0.127. The van der Waals surface area contributed by atoms with Gasteiger partial charge in [0.25, 0.3) is 0 Å². The molecule has 0 unspecified atom stereocenters. The molecule has 9 aromatic rings. The van der Waals surface area contributed by atoms with Crippen LogP contribution in [0.1, 0.15) is 0 Å². The van der Waals surface area contributed by atoms with Gasteiger partial charge in [0.1, 0.15) is 0 Å². The van der Waals surface area contributed by atoms with Gasteiger partial charge in [-0.3, -0.25) is 0 Å². The Bertz CT molecular complexity index is 2340. The van der Waals surface area contributed by atoms with Crippen LogP contribution in [0, 0.1) is 24.3 Å². The van der Waals surface area contributed by atoms with Crippen molar-refractivity contribution in [1.82, 2.24) is 19.9 Å². The maximum absolute atomic E-state index is 4.60. The number of hydrogen-bond donors (Lipinski definition) is 0. The Morgan fingerprint density at radius 2 is 0.534 bits per heavy atom. The van der Waals surface area contributed by atoms with Gasteiger partial charge in [0.2, 0.25) is 0 Å². The molecule has 0 aliphatic rings. The summed E-state index contributed by atoms with van der Waals surface area (Å²) in [5.41, 5.74) is 12.2. The summed E-state index contributed by atoms with van der Waals surface area (Å²) in [4.78, 5) is 22.7. The van der Waals surface area contributed by atoms with Crippen LogP contribution in [-0.2, 0) is 42.1 Å². The number of hydrogen-bond acceptors (Lipinski definition) is 6. The Morgan fingerprint density at radius 3 is 0.759 bits per heavy atom. The van der Waals surface area contributed by atoms with Gasteiger partial charge in [-0.25, -0.2) is 0 Å². The number of rotatable bonds is 10. The van der Waals surface area contributed by atoms with Crippen molar-refractivity contribution in [3.63, 3.8) is 0 Å². The first-order valence-corrected chi connectivity index (χ1v) is 18.2. The van der Waals surface area contributed by atoms with Gasteiger partial charge in [-0.05, 0) is 94.1 Å². The second-order valence-electron chi connectivity index (χ2n) is 12.8. The number of aromatic nitrogens is 4. The third-order valence-electron chi connectivity index (χ3n) is 9.21. The fraction of sp³-hybridized carbons (Fsp3) is 0. The predicted octanol–water partition coefficient (Wildman–Crippen LogP) is 12.1. The second kappa shape index (κ2) is 18.7. The molecule has 8 heteroatoms. The summed E-state index contributed by atoms with van der Waals surface area (Å²) in [7, 11) is 0. The molecule has 0 saturated heterocycles. The first-order chi connectivity index (χ1) is 27.8. The van der Waals surface area contributed by atoms with Crippen molar-refractivity contribution in [2.75, 3.05) is 9.80 Å². The minimum atomic E-state index is 0. The van der Waals surface area contributed by atoms with E-state index in [1.165, 1.54) is 0 Å². The number of benzene rings is 5. The fourth-order valence-corrected chi connectivity index (χ4v) is 6.60. The normalized spacial score (nSPS) is 10.5. The Balaban J connectivity index is 0.00000256. The summed E-state index contributed by atoms with van der Waals surface area (Å²) in [6, 6.07) is 71.2. The molecule has 0 fully saturated rings. The van der Waals surface area contributed by atoms with Gasteiger partial charge in [-0.15, -0.1) is 119 Å². The smallest absolute Gasteiger partial charge is 0.346 e. The molecule has 282 valence electrons. The van der Waals surface area contributed by atoms with Gasteiger partial charge in [0.05, 0.1) is 0 Å². The van der Waals surface area contributed by atoms with Gasteiger partial charge in [-0.2, -0.15) is 0 Å². The molecule has 0 radical (unpaired) electrons. The molecule has 4 heterocycles. The van der Waals surface area contributed by atoms with E-state index in [9.17, 15) is 0 Å². The molecule has 0 bridgehead atoms. The van der Waals surface area contributed by atoms with Crippen molar-refractivity contribution in [1.29, 1.82) is 0 Å². The van der Waals surface area contributed by atoms with E-state index in [2.05, 4.69) is 103 Å². The van der Waals surface area contributed by atoms with E-state index in [0.717, 1.165) is 79.2 Å². The SMILES string of the molecule is [Pt+2].[Pt+2].[c-]1c(-c2ccccn2)cccc1N(c1[c-]c(-c2ccccn2)ccc1)c1ccc(N(c2[c-]c(-c3ccccn3)ccc2)c2[c-]c(-c3ccccn3)ccc2)cc1. The van der Waals surface area contributed by atoms with Gasteiger partial charge in [0.15, 0.2) is 0 Å². The maximum atomic E-state index is 4.60. The molecule has 9 rings (SSSR count). The largest absolute Gasteiger partial charge is 2.00 e. The van der Waals surface area contributed by atoms with Crippen LogP contribution >= 0.6 is 0 Å². The molecule has 4 aromatic heterocycles. The first-order valence-electron chi connectivity index (χ1n) is 18.2. The van der Waals surface area contributed by atoms with E-state index >= 15 is 0 Å². The minimum absolute atomic E-state index is 0. The molecule has 0 amide bonds. The first kappa shape index (κ1) is 39.9. The molecule has 0 aliphatic heterocycles. The van der Waals surface area contributed by atoms with Crippen LogP contribution < -0.4 is 9.80 Å². The van der Waals surface area contributed by atoms with E-state index in [-0.39, 0.29) is 42.1 Å². The van der Waals surface area contributed by atoms with Crippen molar-refractivity contribution < 1.29 is 42.1 Å². The van der Waals surface area contributed by atoms with Crippen LogP contribution in [0.2, 0.25) is 0 Å². The number of nitrogens with zero attached hydrogens (tertiary/aromatic N) is 6. The van der Waals surface area contributed by atoms with Gasteiger partial charge in [-0.1, -0.05) is 48.5 Å². The molecule has 0 spiro atoms. The summed E-state index contributed by atoms with van der Waals surface area (Å²) >= 11 is 0. The molecule has 6 nitrogen and oxygen atoms in total. The van der Waals surface area contributed by atoms with Crippen LogP contribution in [0.4, 0.5) is 34.1 Å².